The van der Waals surface area contributed by atoms with E-state index in [9.17, 15) is 0 Å². The van der Waals surface area contributed by atoms with Crippen LogP contribution in [0.25, 0.3) is 59.6 Å². The van der Waals surface area contributed by atoms with E-state index in [-0.39, 0.29) is 0 Å². The Morgan fingerprint density at radius 3 is 1.97 bits per heavy atom. The molecule has 1 heteroatoms. The Hall–Kier alpha value is -4.20. The van der Waals surface area contributed by atoms with Gasteiger partial charge in [-0.2, -0.15) is 0 Å². The normalized spacial score (nSPS) is 13.7. The van der Waals surface area contributed by atoms with E-state index in [0.29, 0.717) is 0 Å². The monoisotopic (exact) mass is 490 g/mol. The fraction of sp³-hybridized carbons (Fsp3) is 0.0556. The van der Waals surface area contributed by atoms with Crippen molar-refractivity contribution in [2.24, 2.45) is 0 Å². The molecule has 0 unspecified atom stereocenters. The van der Waals surface area contributed by atoms with E-state index in [1.54, 1.807) is 0 Å². The number of rotatable bonds is 4. The lowest BCUT2D eigenvalue weighted by Crippen LogP contribution is -2.25. The van der Waals surface area contributed by atoms with Crippen molar-refractivity contribution in [1.82, 2.24) is 0 Å². The van der Waals surface area contributed by atoms with Crippen LogP contribution < -0.4 is 9.75 Å². The fourth-order valence-corrected chi connectivity index (χ4v) is 7.21. The Labute approximate surface area is 220 Å². The molecule has 0 bridgehead atoms. The van der Waals surface area contributed by atoms with Gasteiger partial charge in [-0.1, -0.05) is 104 Å². The lowest BCUT2D eigenvalue weighted by Gasteiger charge is -2.13. The molecule has 6 aromatic rings. The smallest absolute Gasteiger partial charge is 0.0390 e. The number of hydrogen-bond acceptors (Lipinski definition) is 1. The second-order valence-electron chi connectivity index (χ2n) is 9.74. The average molecular weight is 491 g/mol. The van der Waals surface area contributed by atoms with Gasteiger partial charge in [0.2, 0.25) is 0 Å². The van der Waals surface area contributed by atoms with Crippen LogP contribution in [0.5, 0.6) is 0 Å². The van der Waals surface area contributed by atoms with Crippen molar-refractivity contribution in [3.63, 3.8) is 0 Å². The van der Waals surface area contributed by atoms with Gasteiger partial charge >= 0.3 is 0 Å². The van der Waals surface area contributed by atoms with Gasteiger partial charge < -0.3 is 0 Å². The molecule has 0 radical (unpaired) electrons. The Morgan fingerprint density at radius 2 is 1.30 bits per heavy atom. The molecule has 0 N–H and O–H groups in total. The highest BCUT2D eigenvalue weighted by Gasteiger charge is 2.13. The summed E-state index contributed by atoms with van der Waals surface area (Å²) in [5.74, 6) is 0. The molecule has 37 heavy (non-hydrogen) atoms. The van der Waals surface area contributed by atoms with Crippen molar-refractivity contribution in [1.29, 1.82) is 0 Å². The lowest BCUT2D eigenvalue weighted by molar-refractivity contribution is 1.09. The summed E-state index contributed by atoms with van der Waals surface area (Å²) < 4.78 is 2.71. The van der Waals surface area contributed by atoms with Gasteiger partial charge in [0.15, 0.2) is 0 Å². The number of thiophene rings is 1. The van der Waals surface area contributed by atoms with Crippen molar-refractivity contribution < 1.29 is 0 Å². The van der Waals surface area contributed by atoms with E-state index in [4.69, 9.17) is 0 Å². The van der Waals surface area contributed by atoms with Gasteiger partial charge in [-0.3, -0.25) is 0 Å². The number of hydrogen-bond donors (Lipinski definition) is 0. The molecule has 0 saturated carbocycles. The molecule has 1 aliphatic rings. The zero-order chi connectivity index (χ0) is 24.9. The van der Waals surface area contributed by atoms with Gasteiger partial charge in [0.05, 0.1) is 0 Å². The molecule has 0 fully saturated rings. The quantitative estimate of drug-likeness (QED) is 0.171. The first kappa shape index (κ1) is 22.0. The summed E-state index contributed by atoms with van der Waals surface area (Å²) in [4.78, 5) is 0. The largest absolute Gasteiger partial charge is 0.135 e. The van der Waals surface area contributed by atoms with Crippen LogP contribution in [0.15, 0.2) is 122 Å². The predicted molar refractivity (Wildman–Crippen MR) is 164 cm³/mol. The molecule has 5 aromatic carbocycles. The SMILES string of the molecule is C=CC(=CC(=C)C1=c2sc3ccccc3c2=CCC1)c1ccc2c3ccccc3c3ccccc3c2c1. The molecule has 7 rings (SSSR count). The van der Waals surface area contributed by atoms with Crippen molar-refractivity contribution in [3.8, 4) is 0 Å². The molecule has 0 amide bonds. The molecule has 0 spiro atoms. The zero-order valence-electron chi connectivity index (χ0n) is 20.6. The Kier molecular flexibility index (Phi) is 5.20. The molecule has 1 aliphatic carbocycles. The molecule has 176 valence electrons. The highest BCUT2D eigenvalue weighted by Crippen LogP contribution is 2.36. The summed E-state index contributed by atoms with van der Waals surface area (Å²) in [5.41, 5.74) is 4.71. The summed E-state index contributed by atoms with van der Waals surface area (Å²) in [5, 5.41) is 10.5. The maximum atomic E-state index is 4.55. The van der Waals surface area contributed by atoms with Gasteiger partial charge in [-0.15, -0.1) is 11.3 Å². The molecular formula is C36H26S. The average Bonchev–Trinajstić information content (AvgIpc) is 3.34. The van der Waals surface area contributed by atoms with Crippen LogP contribution >= 0.6 is 11.3 Å². The molecule has 1 aromatic heterocycles. The maximum Gasteiger partial charge on any atom is 0.0390 e. The Morgan fingerprint density at radius 1 is 0.703 bits per heavy atom. The summed E-state index contributed by atoms with van der Waals surface area (Å²) in [6.07, 6.45) is 8.66. The minimum atomic E-state index is 1.02. The third-order valence-electron chi connectivity index (χ3n) is 7.67. The van der Waals surface area contributed by atoms with Crippen LogP contribution in [0.1, 0.15) is 18.4 Å². The van der Waals surface area contributed by atoms with E-state index < -0.39 is 0 Å². The number of fused-ring (bicyclic) bond motifs is 9. The molecule has 0 atom stereocenters. The molecule has 0 nitrogen and oxygen atoms in total. The van der Waals surface area contributed by atoms with Crippen LogP contribution in [0.2, 0.25) is 0 Å². The summed E-state index contributed by atoms with van der Waals surface area (Å²) in [6, 6.07) is 33.0. The second kappa shape index (κ2) is 8.73. The maximum absolute atomic E-state index is 4.55. The zero-order valence-corrected chi connectivity index (χ0v) is 21.4. The summed E-state index contributed by atoms with van der Waals surface area (Å²) >= 11 is 1.89. The number of allylic oxidation sites excluding steroid dienone is 4. The molecule has 0 saturated heterocycles. The molecule has 0 aliphatic heterocycles. The standard InChI is InChI=1S/C36H26S/c1-3-24(21-23(2)26-16-10-17-33-32-15-8-9-18-35(32)37-36(26)33)25-19-20-31-29-13-5-4-11-27(29)28-12-6-7-14-30(28)34(31)22-25/h3-9,11-15,17-22H,1-2,10,16H2. The van der Waals surface area contributed by atoms with Crippen molar-refractivity contribution in [2.75, 3.05) is 0 Å². The first-order valence-corrected chi connectivity index (χ1v) is 13.6. The van der Waals surface area contributed by atoms with Crippen LogP contribution in [0.3, 0.4) is 0 Å². The Bertz CT molecular complexity index is 2030. The summed E-state index contributed by atoms with van der Waals surface area (Å²) in [7, 11) is 0. The minimum Gasteiger partial charge on any atom is -0.135 e. The topological polar surface area (TPSA) is 0 Å². The molecular weight excluding hydrogens is 464 g/mol. The molecule has 1 heterocycles. The first-order chi connectivity index (χ1) is 18.2. The van der Waals surface area contributed by atoms with Crippen LogP contribution in [-0.4, -0.2) is 0 Å². The van der Waals surface area contributed by atoms with Gasteiger partial charge in [0.1, 0.15) is 0 Å². The van der Waals surface area contributed by atoms with Gasteiger partial charge in [-0.05, 0) is 96.3 Å². The van der Waals surface area contributed by atoms with Gasteiger partial charge in [0, 0.05) is 9.23 Å². The summed E-state index contributed by atoms with van der Waals surface area (Å²) in [6.45, 7) is 8.73. The van der Waals surface area contributed by atoms with Crippen LogP contribution in [0, 0.1) is 0 Å². The highest BCUT2D eigenvalue weighted by molar-refractivity contribution is 7.17. The fourth-order valence-electron chi connectivity index (χ4n) is 5.90. The number of benzene rings is 5. The van der Waals surface area contributed by atoms with E-state index in [0.717, 1.165) is 24.0 Å². The van der Waals surface area contributed by atoms with Crippen molar-refractivity contribution in [2.45, 2.75) is 12.8 Å². The first-order valence-electron chi connectivity index (χ1n) is 12.8. The third-order valence-corrected chi connectivity index (χ3v) is 8.91. The highest BCUT2D eigenvalue weighted by atomic mass is 32.1. The van der Waals surface area contributed by atoms with Gasteiger partial charge in [0.25, 0.3) is 0 Å². The lowest BCUT2D eigenvalue weighted by atomic mass is 9.91. The predicted octanol–water partition coefficient (Wildman–Crippen LogP) is 8.91. The van der Waals surface area contributed by atoms with Gasteiger partial charge in [-0.25, -0.2) is 0 Å². The van der Waals surface area contributed by atoms with Crippen molar-refractivity contribution in [3.05, 3.63) is 137 Å². The van der Waals surface area contributed by atoms with Crippen LogP contribution in [0.4, 0.5) is 0 Å². The van der Waals surface area contributed by atoms with E-state index in [1.807, 2.05) is 17.4 Å². The van der Waals surface area contributed by atoms with E-state index in [2.05, 4.69) is 116 Å². The Balaban J connectivity index is 1.41. The van der Waals surface area contributed by atoms with E-state index >= 15 is 0 Å². The second-order valence-corrected chi connectivity index (χ2v) is 10.8. The van der Waals surface area contributed by atoms with Crippen molar-refractivity contribution >= 4 is 71.0 Å². The third kappa shape index (κ3) is 3.50. The minimum absolute atomic E-state index is 1.02. The van der Waals surface area contributed by atoms with E-state index in [1.165, 1.54) is 63.3 Å². The van der Waals surface area contributed by atoms with Crippen LogP contribution in [-0.2, 0) is 0 Å².